The van der Waals surface area contributed by atoms with Gasteiger partial charge < -0.3 is 5.73 Å². The van der Waals surface area contributed by atoms with E-state index in [1.165, 1.54) is 18.2 Å². The second-order valence-corrected chi connectivity index (χ2v) is 7.49. The molecule has 0 fully saturated rings. The summed E-state index contributed by atoms with van der Waals surface area (Å²) in [5.74, 6) is -0.806. The third-order valence-electron chi connectivity index (χ3n) is 3.03. The van der Waals surface area contributed by atoms with Crippen molar-refractivity contribution in [2.75, 3.05) is 5.73 Å². The average Bonchev–Trinajstić information content (AvgIpc) is 2.23. The molecule has 2 N–H and O–H groups in total. The van der Waals surface area contributed by atoms with Crippen LogP contribution in [0.5, 0.6) is 0 Å². The van der Waals surface area contributed by atoms with E-state index in [0.717, 1.165) is 16.7 Å². The SMILES string of the molecule is Cc1cc(C)cc(CS(=O)(=O)Cc2cc(N)cc(F)c2)c1. The summed E-state index contributed by atoms with van der Waals surface area (Å²) in [7, 11) is -3.38. The van der Waals surface area contributed by atoms with E-state index < -0.39 is 15.7 Å². The fourth-order valence-corrected chi connectivity index (χ4v) is 3.92. The number of hydrogen-bond acceptors (Lipinski definition) is 3. The van der Waals surface area contributed by atoms with Gasteiger partial charge in [-0.2, -0.15) is 0 Å². The van der Waals surface area contributed by atoms with Crippen LogP contribution in [0.3, 0.4) is 0 Å². The van der Waals surface area contributed by atoms with Crippen molar-refractivity contribution in [3.8, 4) is 0 Å². The molecule has 0 aliphatic heterocycles. The summed E-state index contributed by atoms with van der Waals surface area (Å²) in [6.45, 7) is 3.85. The van der Waals surface area contributed by atoms with E-state index in [9.17, 15) is 12.8 Å². The van der Waals surface area contributed by atoms with Gasteiger partial charge in [-0.1, -0.05) is 29.3 Å². The van der Waals surface area contributed by atoms with Gasteiger partial charge in [0.2, 0.25) is 0 Å². The second kappa shape index (κ2) is 5.85. The number of halogens is 1. The Kier molecular flexibility index (Phi) is 4.32. The molecule has 2 aromatic rings. The Hall–Kier alpha value is -1.88. The zero-order chi connectivity index (χ0) is 15.6. The number of benzene rings is 2. The molecule has 3 nitrogen and oxygen atoms in total. The summed E-state index contributed by atoms with van der Waals surface area (Å²) in [6, 6.07) is 9.55. The van der Waals surface area contributed by atoms with Crippen LogP contribution >= 0.6 is 0 Å². The Bertz CT molecular complexity index is 670. The van der Waals surface area contributed by atoms with E-state index in [0.29, 0.717) is 5.56 Å². The molecule has 0 saturated carbocycles. The largest absolute Gasteiger partial charge is 0.399 e. The maximum atomic E-state index is 13.3. The van der Waals surface area contributed by atoms with Crippen LogP contribution in [0.15, 0.2) is 36.4 Å². The van der Waals surface area contributed by atoms with Crippen LogP contribution < -0.4 is 5.73 Å². The summed E-state index contributed by atoms with van der Waals surface area (Å²) in [4.78, 5) is 0. The molecule has 0 atom stereocenters. The molecule has 112 valence electrons. The van der Waals surface area contributed by atoms with Crippen LogP contribution in [0.25, 0.3) is 0 Å². The van der Waals surface area contributed by atoms with Gasteiger partial charge in [-0.3, -0.25) is 0 Å². The van der Waals surface area contributed by atoms with Crippen molar-refractivity contribution in [1.82, 2.24) is 0 Å². The smallest absolute Gasteiger partial charge is 0.158 e. The summed E-state index contributed by atoms with van der Waals surface area (Å²) < 4.78 is 37.8. The first-order valence-electron chi connectivity index (χ1n) is 6.56. The highest BCUT2D eigenvalue weighted by Crippen LogP contribution is 2.18. The molecule has 0 unspecified atom stereocenters. The third-order valence-corrected chi connectivity index (χ3v) is 4.58. The molecular formula is C16H18FNO2S. The molecule has 0 heterocycles. The minimum atomic E-state index is -3.38. The van der Waals surface area contributed by atoms with Crippen LogP contribution in [0.2, 0.25) is 0 Å². The molecule has 5 heteroatoms. The van der Waals surface area contributed by atoms with Gasteiger partial charge in [-0.25, -0.2) is 12.8 Å². The molecule has 0 radical (unpaired) electrons. The maximum Gasteiger partial charge on any atom is 0.158 e. The topological polar surface area (TPSA) is 60.2 Å². The molecule has 0 aliphatic carbocycles. The summed E-state index contributed by atoms with van der Waals surface area (Å²) in [5, 5.41) is 0. The van der Waals surface area contributed by atoms with Gasteiger partial charge >= 0.3 is 0 Å². The lowest BCUT2D eigenvalue weighted by molar-refractivity contribution is 0.594. The van der Waals surface area contributed by atoms with Crippen LogP contribution in [-0.4, -0.2) is 8.42 Å². The summed E-state index contributed by atoms with van der Waals surface area (Å²) >= 11 is 0. The van der Waals surface area contributed by atoms with E-state index in [4.69, 9.17) is 5.73 Å². The lowest BCUT2D eigenvalue weighted by Gasteiger charge is -2.08. The van der Waals surface area contributed by atoms with Crippen molar-refractivity contribution in [2.45, 2.75) is 25.4 Å². The maximum absolute atomic E-state index is 13.3. The zero-order valence-electron chi connectivity index (χ0n) is 12.1. The minimum absolute atomic E-state index is 0.0636. The predicted molar refractivity (Wildman–Crippen MR) is 83.1 cm³/mol. The Morgan fingerprint density at radius 3 is 1.95 bits per heavy atom. The Balaban J connectivity index is 2.22. The number of aryl methyl sites for hydroxylation is 2. The highest BCUT2D eigenvalue weighted by Gasteiger charge is 2.14. The number of sulfone groups is 1. The third kappa shape index (κ3) is 4.56. The lowest BCUT2D eigenvalue weighted by Crippen LogP contribution is -2.08. The highest BCUT2D eigenvalue weighted by atomic mass is 32.2. The number of hydrogen-bond donors (Lipinski definition) is 1. The van der Waals surface area contributed by atoms with E-state index in [2.05, 4.69) is 0 Å². The normalized spacial score (nSPS) is 11.6. The first-order valence-corrected chi connectivity index (χ1v) is 8.38. The van der Waals surface area contributed by atoms with Gasteiger partial charge in [0.05, 0.1) is 11.5 Å². The number of nitrogen functional groups attached to an aromatic ring is 1. The number of rotatable bonds is 4. The Labute approximate surface area is 124 Å². The van der Waals surface area contributed by atoms with E-state index >= 15 is 0 Å². The highest BCUT2D eigenvalue weighted by molar-refractivity contribution is 7.89. The lowest BCUT2D eigenvalue weighted by atomic mass is 10.1. The molecule has 2 rings (SSSR count). The molecule has 2 aromatic carbocycles. The van der Waals surface area contributed by atoms with E-state index in [1.807, 2.05) is 32.0 Å². The zero-order valence-corrected chi connectivity index (χ0v) is 12.9. The molecule has 0 aliphatic rings. The van der Waals surface area contributed by atoms with Gasteiger partial charge in [0.15, 0.2) is 9.84 Å². The Morgan fingerprint density at radius 1 is 0.905 bits per heavy atom. The van der Waals surface area contributed by atoms with Crippen LogP contribution in [0.1, 0.15) is 22.3 Å². The van der Waals surface area contributed by atoms with Crippen molar-refractivity contribution in [1.29, 1.82) is 0 Å². The van der Waals surface area contributed by atoms with Crippen molar-refractivity contribution >= 4 is 15.5 Å². The molecule has 0 aromatic heterocycles. The predicted octanol–water partition coefficient (Wildman–Crippen LogP) is 3.14. The van der Waals surface area contributed by atoms with Crippen LogP contribution in [-0.2, 0) is 21.3 Å². The molecular weight excluding hydrogens is 289 g/mol. The quantitative estimate of drug-likeness (QED) is 0.883. The number of anilines is 1. The molecule has 0 spiro atoms. The van der Waals surface area contributed by atoms with E-state index in [-0.39, 0.29) is 17.2 Å². The van der Waals surface area contributed by atoms with Crippen molar-refractivity contribution in [3.05, 3.63) is 64.5 Å². The van der Waals surface area contributed by atoms with Gasteiger partial charge in [0.1, 0.15) is 5.82 Å². The number of nitrogens with two attached hydrogens (primary N) is 1. The first kappa shape index (κ1) is 15.5. The Morgan fingerprint density at radius 2 is 1.43 bits per heavy atom. The van der Waals surface area contributed by atoms with Crippen molar-refractivity contribution in [2.24, 2.45) is 0 Å². The van der Waals surface area contributed by atoms with Gasteiger partial charge in [-0.05, 0) is 43.2 Å². The van der Waals surface area contributed by atoms with Crippen LogP contribution in [0, 0.1) is 19.7 Å². The molecule has 0 bridgehead atoms. The van der Waals surface area contributed by atoms with Gasteiger partial charge in [0, 0.05) is 5.69 Å². The minimum Gasteiger partial charge on any atom is -0.399 e. The molecule has 0 amide bonds. The summed E-state index contributed by atoms with van der Waals surface area (Å²) in [5.41, 5.74) is 8.93. The fraction of sp³-hybridized carbons (Fsp3) is 0.250. The second-order valence-electron chi connectivity index (χ2n) is 5.42. The molecule has 0 saturated heterocycles. The first-order chi connectivity index (χ1) is 9.73. The van der Waals surface area contributed by atoms with E-state index in [1.54, 1.807) is 0 Å². The van der Waals surface area contributed by atoms with Crippen molar-refractivity contribution < 1.29 is 12.8 Å². The van der Waals surface area contributed by atoms with Crippen molar-refractivity contribution in [3.63, 3.8) is 0 Å². The average molecular weight is 307 g/mol. The summed E-state index contributed by atoms with van der Waals surface area (Å²) in [6.07, 6.45) is 0. The van der Waals surface area contributed by atoms with Crippen LogP contribution in [0.4, 0.5) is 10.1 Å². The van der Waals surface area contributed by atoms with Gasteiger partial charge in [0.25, 0.3) is 0 Å². The van der Waals surface area contributed by atoms with Gasteiger partial charge in [-0.15, -0.1) is 0 Å². The standard InChI is InChI=1S/C16H18FNO2S/c1-11-3-12(2)5-13(4-11)9-21(19,20)10-14-6-15(17)8-16(18)7-14/h3-8H,9-10,18H2,1-2H3. The fourth-order valence-electron chi connectivity index (χ4n) is 2.47. The monoisotopic (exact) mass is 307 g/mol. The molecule has 21 heavy (non-hydrogen) atoms.